The Morgan fingerprint density at radius 1 is 0.927 bits per heavy atom. The van der Waals surface area contributed by atoms with Crippen LogP contribution in [0.25, 0.3) is 16.9 Å². The molecule has 2 amide bonds. The van der Waals surface area contributed by atoms with E-state index < -0.39 is 0 Å². The maximum atomic E-state index is 13.8. The molecule has 206 valence electrons. The van der Waals surface area contributed by atoms with E-state index >= 15 is 0 Å². The number of pyridine rings is 2. The minimum absolute atomic E-state index is 0.00364. The molecule has 0 unspecified atom stereocenters. The van der Waals surface area contributed by atoms with Gasteiger partial charge in [0.25, 0.3) is 11.8 Å². The first-order chi connectivity index (χ1) is 20.0. The molecule has 2 aliphatic rings. The molecule has 0 saturated carbocycles. The van der Waals surface area contributed by atoms with Gasteiger partial charge in [0, 0.05) is 56.4 Å². The number of aromatic amines is 1. The van der Waals surface area contributed by atoms with Crippen molar-refractivity contribution < 1.29 is 14.3 Å². The molecule has 6 heterocycles. The number of benzene rings is 1. The highest BCUT2D eigenvalue weighted by Gasteiger charge is 2.40. The zero-order valence-electron chi connectivity index (χ0n) is 22.1. The molecule has 2 aliphatic heterocycles. The van der Waals surface area contributed by atoms with Crippen LogP contribution in [0.1, 0.15) is 27.1 Å². The van der Waals surface area contributed by atoms with Crippen LogP contribution >= 0.6 is 11.6 Å². The molecule has 9 nitrogen and oxygen atoms in total. The van der Waals surface area contributed by atoms with Crippen molar-refractivity contribution in [3.8, 4) is 23.0 Å². The van der Waals surface area contributed by atoms with Crippen LogP contribution in [0.4, 0.5) is 0 Å². The zero-order chi connectivity index (χ0) is 27.9. The number of H-pyrrole nitrogens is 1. The Balaban J connectivity index is 1.03. The van der Waals surface area contributed by atoms with Crippen LogP contribution in [0, 0.1) is 11.8 Å². The number of likely N-dealkylation sites (tertiary alicyclic amines) is 2. The molecule has 41 heavy (non-hydrogen) atoms. The number of amides is 2. The number of nitrogens with one attached hydrogen (secondary N) is 1. The van der Waals surface area contributed by atoms with Crippen LogP contribution in [0.5, 0.6) is 11.6 Å². The van der Waals surface area contributed by atoms with E-state index in [9.17, 15) is 9.59 Å². The molecule has 7 rings (SSSR count). The summed E-state index contributed by atoms with van der Waals surface area (Å²) in [6.45, 7) is 2.65. The molecule has 1 N–H and O–H groups in total. The fraction of sp³-hybridized carbons (Fsp3) is 0.226. The van der Waals surface area contributed by atoms with Crippen molar-refractivity contribution >= 4 is 28.9 Å². The first kappa shape index (κ1) is 25.3. The summed E-state index contributed by atoms with van der Waals surface area (Å²) in [5.41, 5.74) is 3.91. The third-order valence-electron chi connectivity index (χ3n) is 8.08. The number of fused-ring (bicyclic) bond motifs is 2. The summed E-state index contributed by atoms with van der Waals surface area (Å²) in [4.78, 5) is 35.2. The van der Waals surface area contributed by atoms with Gasteiger partial charge in [-0.3, -0.25) is 14.7 Å². The molecule has 0 spiro atoms. The number of carbonyl (C=O) groups excluding carboxylic acids is 2. The number of hydrogen-bond acceptors (Lipinski definition) is 5. The van der Waals surface area contributed by atoms with Crippen molar-refractivity contribution in [1.82, 2.24) is 29.4 Å². The number of hydrogen-bond donors (Lipinski definition) is 1. The van der Waals surface area contributed by atoms with Crippen molar-refractivity contribution in [2.45, 2.75) is 6.42 Å². The van der Waals surface area contributed by atoms with Crippen molar-refractivity contribution in [2.24, 2.45) is 11.8 Å². The number of nitrogens with zero attached hydrogens (tertiary/aromatic N) is 5. The molecule has 2 atom stereocenters. The van der Waals surface area contributed by atoms with Gasteiger partial charge in [-0.1, -0.05) is 17.7 Å². The Kier molecular flexibility index (Phi) is 6.43. The second kappa shape index (κ2) is 10.4. The van der Waals surface area contributed by atoms with Crippen LogP contribution in [-0.4, -0.2) is 67.4 Å². The first-order valence-corrected chi connectivity index (χ1v) is 14.0. The molecule has 0 bridgehead atoms. The van der Waals surface area contributed by atoms with E-state index in [1.165, 1.54) is 6.20 Å². The summed E-state index contributed by atoms with van der Waals surface area (Å²) >= 11 is 5.89. The Labute approximate surface area is 241 Å². The van der Waals surface area contributed by atoms with E-state index in [4.69, 9.17) is 16.3 Å². The summed E-state index contributed by atoms with van der Waals surface area (Å²) in [5, 5.41) is 7.62. The average molecular weight is 567 g/mol. The summed E-state index contributed by atoms with van der Waals surface area (Å²) in [5.74, 6) is 1.67. The van der Waals surface area contributed by atoms with Crippen LogP contribution in [-0.2, 0) is 0 Å². The van der Waals surface area contributed by atoms with E-state index in [0.717, 1.165) is 23.3 Å². The highest BCUT2D eigenvalue weighted by molar-refractivity contribution is 6.30. The third-order valence-corrected chi connectivity index (χ3v) is 8.31. The van der Waals surface area contributed by atoms with Gasteiger partial charge in [0.05, 0.1) is 27.5 Å². The lowest BCUT2D eigenvalue weighted by Gasteiger charge is -2.34. The van der Waals surface area contributed by atoms with Gasteiger partial charge in [-0.25, -0.2) is 4.98 Å². The van der Waals surface area contributed by atoms with Gasteiger partial charge in [-0.05, 0) is 72.9 Å². The van der Waals surface area contributed by atoms with E-state index in [0.29, 0.717) is 59.9 Å². The maximum absolute atomic E-state index is 13.8. The summed E-state index contributed by atoms with van der Waals surface area (Å²) in [6.07, 6.45) is 6.07. The van der Waals surface area contributed by atoms with E-state index in [1.807, 2.05) is 50.7 Å². The molecule has 5 aromatic rings. The Bertz CT molecular complexity index is 1720. The highest BCUT2D eigenvalue weighted by Crippen LogP contribution is 2.34. The molecular weight excluding hydrogens is 540 g/mol. The normalized spacial score (nSPS) is 18.5. The quantitative estimate of drug-likeness (QED) is 0.307. The zero-order valence-corrected chi connectivity index (χ0v) is 22.9. The third kappa shape index (κ3) is 4.82. The fourth-order valence-corrected chi connectivity index (χ4v) is 6.12. The van der Waals surface area contributed by atoms with E-state index in [1.54, 1.807) is 42.6 Å². The molecule has 10 heteroatoms. The van der Waals surface area contributed by atoms with Crippen molar-refractivity contribution in [3.63, 3.8) is 0 Å². The predicted octanol–water partition coefficient (Wildman–Crippen LogP) is 5.40. The lowest BCUT2D eigenvalue weighted by molar-refractivity contribution is 0.0644. The lowest BCUT2D eigenvalue weighted by atomic mass is 9.88. The molecular formula is C31H27ClN6O3. The van der Waals surface area contributed by atoms with Crippen LogP contribution in [0.2, 0.25) is 5.02 Å². The topological polar surface area (TPSA) is 95.8 Å². The van der Waals surface area contributed by atoms with Crippen LogP contribution in [0.3, 0.4) is 0 Å². The SMILES string of the molecule is O=C(c1ccc(Oc2ccc(Cl)cn2)cc1)N1C[C@H]2CCN(C(=O)c3cc(-c4ccn[nH]4)n4ccccc34)C[C@H]2C1. The van der Waals surface area contributed by atoms with E-state index in [-0.39, 0.29) is 17.7 Å². The maximum Gasteiger partial charge on any atom is 0.256 e. The standard InChI is InChI=1S/C31H27ClN6O3/c32-23-6-9-29(33-16-23)41-24-7-4-20(5-8-24)30(39)37-17-21-11-14-36(18-22(21)19-37)31(40)25-15-28(26-10-12-34-35-26)38-13-2-1-3-27(25)38/h1-10,12-13,15-16,21-22H,11,14,17-19H2,(H,34,35)/t21-,22+/m1/s1. The predicted molar refractivity (Wildman–Crippen MR) is 154 cm³/mol. The smallest absolute Gasteiger partial charge is 0.256 e. The fourth-order valence-electron chi connectivity index (χ4n) is 6.01. The number of piperidine rings is 1. The second-order valence-corrected chi connectivity index (χ2v) is 11.0. The van der Waals surface area contributed by atoms with Gasteiger partial charge in [0.2, 0.25) is 5.88 Å². The number of rotatable bonds is 5. The van der Waals surface area contributed by atoms with Gasteiger partial charge in [-0.15, -0.1) is 0 Å². The molecule has 1 aromatic carbocycles. The largest absolute Gasteiger partial charge is 0.439 e. The lowest BCUT2D eigenvalue weighted by Crippen LogP contribution is -2.43. The van der Waals surface area contributed by atoms with Crippen molar-refractivity contribution in [3.05, 3.63) is 101 Å². The second-order valence-electron chi connectivity index (χ2n) is 10.6. The Hall–Kier alpha value is -4.63. The molecule has 2 fully saturated rings. The van der Waals surface area contributed by atoms with Gasteiger partial charge in [-0.2, -0.15) is 5.10 Å². The molecule has 0 aliphatic carbocycles. The average Bonchev–Trinajstić information content (AvgIpc) is 3.76. The summed E-state index contributed by atoms with van der Waals surface area (Å²) < 4.78 is 7.77. The van der Waals surface area contributed by atoms with E-state index in [2.05, 4.69) is 15.2 Å². The van der Waals surface area contributed by atoms with Gasteiger partial charge < -0.3 is 18.9 Å². The van der Waals surface area contributed by atoms with Crippen molar-refractivity contribution in [1.29, 1.82) is 0 Å². The summed E-state index contributed by atoms with van der Waals surface area (Å²) in [6, 6.07) is 20.2. The number of halogens is 1. The monoisotopic (exact) mass is 566 g/mol. The first-order valence-electron chi connectivity index (χ1n) is 13.6. The van der Waals surface area contributed by atoms with Crippen molar-refractivity contribution in [2.75, 3.05) is 26.2 Å². The number of aromatic nitrogens is 4. The van der Waals surface area contributed by atoms with Crippen LogP contribution < -0.4 is 4.74 Å². The molecule has 4 aromatic heterocycles. The highest BCUT2D eigenvalue weighted by atomic mass is 35.5. The summed E-state index contributed by atoms with van der Waals surface area (Å²) in [7, 11) is 0. The minimum atomic E-state index is -0.00364. The Morgan fingerprint density at radius 2 is 1.76 bits per heavy atom. The Morgan fingerprint density at radius 3 is 2.54 bits per heavy atom. The number of ether oxygens (including phenoxy) is 1. The minimum Gasteiger partial charge on any atom is -0.439 e. The molecule has 0 radical (unpaired) electrons. The number of carbonyl (C=O) groups is 2. The molecule has 2 saturated heterocycles. The van der Waals surface area contributed by atoms with Crippen LogP contribution in [0.15, 0.2) is 85.3 Å². The van der Waals surface area contributed by atoms with Gasteiger partial charge in [0.1, 0.15) is 5.75 Å². The van der Waals surface area contributed by atoms with Gasteiger partial charge >= 0.3 is 0 Å². The van der Waals surface area contributed by atoms with Gasteiger partial charge in [0.15, 0.2) is 0 Å².